The van der Waals surface area contributed by atoms with Gasteiger partial charge in [-0.2, -0.15) is 0 Å². The van der Waals surface area contributed by atoms with Gasteiger partial charge in [0, 0.05) is 30.8 Å². The zero-order valence-electron chi connectivity index (χ0n) is 14.5. The number of rotatable bonds is 4. The number of carbonyl (C=O) groups is 2. The van der Waals surface area contributed by atoms with Gasteiger partial charge in [-0.05, 0) is 12.1 Å². The zero-order valence-corrected chi connectivity index (χ0v) is 14.5. The number of hydrogen-bond acceptors (Lipinski definition) is 5. The molecule has 140 valence electrons. The van der Waals surface area contributed by atoms with Gasteiger partial charge in [0.05, 0.1) is 19.8 Å². The second kappa shape index (κ2) is 7.24. The smallest absolute Gasteiger partial charge is 0.329 e. The molecule has 3 heterocycles. The largest absolute Gasteiger partial charge is 0.441 e. The number of furan rings is 1. The average Bonchev–Trinajstić information content (AvgIpc) is 3.25. The van der Waals surface area contributed by atoms with E-state index in [4.69, 9.17) is 9.15 Å². The van der Waals surface area contributed by atoms with Crippen molar-refractivity contribution in [3.63, 3.8) is 0 Å². The molecule has 1 aromatic heterocycles. The van der Waals surface area contributed by atoms with Crippen molar-refractivity contribution in [1.82, 2.24) is 10.2 Å². The third-order valence-electron chi connectivity index (χ3n) is 4.47. The number of urea groups is 1. The van der Waals surface area contributed by atoms with Gasteiger partial charge in [0.2, 0.25) is 0 Å². The lowest BCUT2D eigenvalue weighted by atomic mass is 10.2. The molecule has 2 fully saturated rings. The summed E-state index contributed by atoms with van der Waals surface area (Å²) in [5.41, 5.74) is 0.370. The predicted octanol–water partition coefficient (Wildman–Crippen LogP) is 2.35. The first-order chi connectivity index (χ1) is 13.1. The van der Waals surface area contributed by atoms with Crippen LogP contribution in [0.2, 0.25) is 0 Å². The summed E-state index contributed by atoms with van der Waals surface area (Å²) >= 11 is 0. The summed E-state index contributed by atoms with van der Waals surface area (Å²) in [7, 11) is 0. The zero-order chi connectivity index (χ0) is 18.8. The van der Waals surface area contributed by atoms with E-state index in [1.807, 2.05) is 11.0 Å². The first-order valence-corrected chi connectivity index (χ1v) is 8.62. The van der Waals surface area contributed by atoms with Crippen LogP contribution in [0.4, 0.5) is 15.1 Å². The molecule has 1 aromatic carbocycles. The highest BCUT2D eigenvalue weighted by Crippen LogP contribution is 2.23. The van der Waals surface area contributed by atoms with Gasteiger partial charge >= 0.3 is 6.03 Å². The Bertz CT molecular complexity index is 902. The molecule has 0 aliphatic carbocycles. The summed E-state index contributed by atoms with van der Waals surface area (Å²) in [5, 5.41) is 2.51. The molecule has 0 spiro atoms. The number of benzene rings is 1. The van der Waals surface area contributed by atoms with E-state index in [9.17, 15) is 14.0 Å². The van der Waals surface area contributed by atoms with Crippen LogP contribution in [0.25, 0.3) is 6.08 Å². The number of ether oxygens (including phenoxy) is 1. The number of hydrogen-bond donors (Lipinski definition) is 1. The number of carbonyl (C=O) groups excluding carboxylic acids is 2. The Hall–Kier alpha value is -3.13. The normalized spacial score (nSPS) is 19.1. The maximum Gasteiger partial charge on any atom is 0.329 e. The fraction of sp³-hybridized carbons (Fsp3) is 0.263. The lowest BCUT2D eigenvalue weighted by molar-refractivity contribution is -0.123. The first kappa shape index (κ1) is 17.3. The van der Waals surface area contributed by atoms with Crippen molar-refractivity contribution < 1.29 is 23.1 Å². The van der Waals surface area contributed by atoms with Crippen LogP contribution in [0.3, 0.4) is 0 Å². The van der Waals surface area contributed by atoms with Crippen LogP contribution in [-0.4, -0.2) is 43.1 Å². The van der Waals surface area contributed by atoms with Crippen molar-refractivity contribution in [1.29, 1.82) is 0 Å². The molecule has 7 nitrogen and oxygen atoms in total. The van der Waals surface area contributed by atoms with Crippen molar-refractivity contribution in [2.45, 2.75) is 6.54 Å². The van der Waals surface area contributed by atoms with Crippen LogP contribution in [-0.2, 0) is 16.1 Å². The molecule has 0 unspecified atom stereocenters. The van der Waals surface area contributed by atoms with Gasteiger partial charge in [0.25, 0.3) is 5.91 Å². The minimum absolute atomic E-state index is 0.0965. The second-order valence-electron chi connectivity index (χ2n) is 6.25. The lowest BCUT2D eigenvalue weighted by Crippen LogP contribution is -2.35. The molecule has 8 heteroatoms. The van der Waals surface area contributed by atoms with E-state index in [0.717, 1.165) is 18.0 Å². The van der Waals surface area contributed by atoms with Crippen LogP contribution in [0.5, 0.6) is 0 Å². The summed E-state index contributed by atoms with van der Waals surface area (Å²) in [4.78, 5) is 27.7. The van der Waals surface area contributed by atoms with Crippen molar-refractivity contribution in [2.24, 2.45) is 0 Å². The number of morpholine rings is 1. The molecule has 2 aromatic rings. The maximum atomic E-state index is 13.8. The molecular formula is C19H18FN3O4. The molecule has 2 saturated heterocycles. The molecule has 27 heavy (non-hydrogen) atoms. The average molecular weight is 371 g/mol. The van der Waals surface area contributed by atoms with Gasteiger partial charge in [-0.25, -0.2) is 9.18 Å². The third-order valence-corrected chi connectivity index (χ3v) is 4.47. The SMILES string of the molecule is O=C1N/C(=C/c2ccc(N3CCOCC3)o2)C(=O)N1Cc1ccccc1F. The third kappa shape index (κ3) is 3.56. The Morgan fingerprint density at radius 3 is 2.67 bits per heavy atom. The quantitative estimate of drug-likeness (QED) is 0.660. The molecule has 0 saturated carbocycles. The topological polar surface area (TPSA) is 75.0 Å². The predicted molar refractivity (Wildman–Crippen MR) is 95.2 cm³/mol. The number of halogens is 1. The van der Waals surface area contributed by atoms with E-state index in [1.165, 1.54) is 12.1 Å². The molecule has 3 amide bonds. The molecule has 4 rings (SSSR count). The minimum Gasteiger partial charge on any atom is -0.441 e. The van der Waals surface area contributed by atoms with E-state index >= 15 is 0 Å². The molecule has 0 bridgehead atoms. The fourth-order valence-electron chi connectivity index (χ4n) is 3.03. The highest BCUT2D eigenvalue weighted by Gasteiger charge is 2.34. The number of nitrogens with zero attached hydrogens (tertiary/aromatic N) is 2. The van der Waals surface area contributed by atoms with Crippen LogP contribution in [0.1, 0.15) is 11.3 Å². The highest BCUT2D eigenvalue weighted by atomic mass is 19.1. The number of amides is 3. The van der Waals surface area contributed by atoms with Crippen molar-refractivity contribution in [3.05, 3.63) is 59.2 Å². The van der Waals surface area contributed by atoms with Gasteiger partial charge in [-0.15, -0.1) is 0 Å². The highest BCUT2D eigenvalue weighted by molar-refractivity contribution is 6.13. The van der Waals surface area contributed by atoms with Crippen LogP contribution < -0.4 is 10.2 Å². The summed E-state index contributed by atoms with van der Waals surface area (Å²) < 4.78 is 24.9. The van der Waals surface area contributed by atoms with Gasteiger partial charge in [0.1, 0.15) is 17.3 Å². The Labute approximate surface area is 155 Å². The van der Waals surface area contributed by atoms with Crippen LogP contribution >= 0.6 is 0 Å². The Morgan fingerprint density at radius 2 is 1.89 bits per heavy atom. The summed E-state index contributed by atoms with van der Waals surface area (Å²) in [6.07, 6.45) is 1.48. The van der Waals surface area contributed by atoms with Crippen LogP contribution in [0.15, 0.2) is 46.5 Å². The van der Waals surface area contributed by atoms with E-state index in [0.29, 0.717) is 24.9 Å². The molecule has 2 aliphatic heterocycles. The van der Waals surface area contributed by atoms with E-state index in [-0.39, 0.29) is 17.8 Å². The Kier molecular flexibility index (Phi) is 4.64. The maximum absolute atomic E-state index is 13.8. The molecule has 2 aliphatic rings. The monoisotopic (exact) mass is 371 g/mol. The fourth-order valence-corrected chi connectivity index (χ4v) is 3.03. The van der Waals surface area contributed by atoms with Crippen molar-refractivity contribution in [2.75, 3.05) is 31.2 Å². The molecule has 0 atom stereocenters. The molecular weight excluding hydrogens is 353 g/mol. The molecule has 0 radical (unpaired) electrons. The summed E-state index contributed by atoms with van der Waals surface area (Å²) in [5.74, 6) is 0.155. The minimum atomic E-state index is -0.588. The second-order valence-corrected chi connectivity index (χ2v) is 6.25. The van der Waals surface area contributed by atoms with E-state index in [2.05, 4.69) is 5.32 Å². The van der Waals surface area contributed by atoms with Gasteiger partial charge in [-0.3, -0.25) is 9.69 Å². The number of anilines is 1. The van der Waals surface area contributed by atoms with E-state index in [1.54, 1.807) is 24.3 Å². The van der Waals surface area contributed by atoms with Gasteiger partial charge in [-0.1, -0.05) is 18.2 Å². The van der Waals surface area contributed by atoms with Crippen molar-refractivity contribution >= 4 is 23.9 Å². The lowest BCUT2D eigenvalue weighted by Gasteiger charge is -2.26. The van der Waals surface area contributed by atoms with E-state index < -0.39 is 17.8 Å². The number of imide groups is 1. The first-order valence-electron chi connectivity index (χ1n) is 8.62. The summed E-state index contributed by atoms with van der Waals surface area (Å²) in [6, 6.07) is 9.00. The van der Waals surface area contributed by atoms with Crippen LogP contribution in [0, 0.1) is 5.82 Å². The van der Waals surface area contributed by atoms with Crippen molar-refractivity contribution in [3.8, 4) is 0 Å². The van der Waals surface area contributed by atoms with Gasteiger partial charge < -0.3 is 19.4 Å². The number of nitrogens with one attached hydrogen (secondary N) is 1. The van der Waals surface area contributed by atoms with Gasteiger partial charge in [0.15, 0.2) is 5.88 Å². The standard InChI is InChI=1S/C19H18FN3O4/c20-15-4-2-1-3-13(15)12-23-18(24)16(21-19(23)25)11-14-5-6-17(27-14)22-7-9-26-10-8-22/h1-6,11H,7-10,12H2,(H,21,25)/b16-11+. The molecule has 1 N–H and O–H groups in total. The Morgan fingerprint density at radius 1 is 1.11 bits per heavy atom. The summed E-state index contributed by atoms with van der Waals surface area (Å²) in [6.45, 7) is 2.60. The Balaban J connectivity index is 1.50.